The highest BCUT2D eigenvalue weighted by Crippen LogP contribution is 2.75. The van der Waals surface area contributed by atoms with E-state index in [1.165, 1.54) is 0 Å². The molecule has 392 valence electrons. The largest absolute Gasteiger partial charge is 0.462 e. The lowest BCUT2D eigenvalue weighted by Crippen LogP contribution is -2.89. The molecule has 2 aliphatic heterocycles. The van der Waals surface area contributed by atoms with Gasteiger partial charge in [-0.3, -0.25) is 0 Å². The zero-order valence-electron chi connectivity index (χ0n) is 35.3. The first-order chi connectivity index (χ1) is 30.0. The first-order valence-electron chi connectivity index (χ1n) is 22.5. The van der Waals surface area contributed by atoms with Gasteiger partial charge in [-0.25, -0.2) is 4.79 Å². The minimum atomic E-state index is -5.94. The van der Waals surface area contributed by atoms with E-state index in [9.17, 15) is 72.1 Å². The van der Waals surface area contributed by atoms with Gasteiger partial charge in [-0.15, -0.1) is 0 Å². The number of esters is 1. The molecule has 2 heterocycles. The average Bonchev–Trinajstić information content (AvgIpc) is 3.17. The second kappa shape index (κ2) is 15.7. The van der Waals surface area contributed by atoms with Crippen molar-refractivity contribution in [2.24, 2.45) is 71.0 Å². The summed E-state index contributed by atoms with van der Waals surface area (Å²) in [4.78, 5) is 11.6. The van der Waals surface area contributed by atoms with E-state index in [1.807, 2.05) is 0 Å². The van der Waals surface area contributed by atoms with Crippen molar-refractivity contribution in [3.05, 3.63) is 12.2 Å². The normalized spacial score (nSPS) is 47.1. The van der Waals surface area contributed by atoms with E-state index >= 15 is 8.78 Å². The summed E-state index contributed by atoms with van der Waals surface area (Å²) in [6.07, 6.45) is -9.50. The molecular weight excluding hydrogens is 953 g/mol. The van der Waals surface area contributed by atoms with Crippen LogP contribution in [0.4, 0.5) is 65.9 Å². The fourth-order valence-electron chi connectivity index (χ4n) is 16.0. The molecule has 68 heavy (non-hydrogen) atoms. The van der Waals surface area contributed by atoms with Crippen molar-refractivity contribution in [1.82, 2.24) is 0 Å². The quantitative estimate of drug-likeness (QED) is 0.0950. The molecule has 0 aromatic heterocycles. The lowest BCUT2D eigenvalue weighted by atomic mass is 9.46. The SMILES string of the molecule is C.C.C=C(C)C(=O)OC1(C(F)(F)F)OC2(C3CC4CC(C3)CC2C4)C1(F)F.OC1(C(F)(F)C(O)(O)C(F)(F)F)C2CC3CC(C2)CC1C3.OC1(C(F)(F)F)OC2(C3CC4CC(C3)CC2C4)C1(F)F. The van der Waals surface area contributed by atoms with Crippen molar-refractivity contribution < 1.29 is 105 Å². The van der Waals surface area contributed by atoms with Gasteiger partial charge in [0, 0.05) is 5.57 Å². The molecule has 2 unspecified atom stereocenters. The average molecular weight is 1010 g/mol. The van der Waals surface area contributed by atoms with E-state index in [0.717, 1.165) is 26.2 Å². The van der Waals surface area contributed by atoms with E-state index in [2.05, 4.69) is 16.1 Å². The van der Waals surface area contributed by atoms with Crippen LogP contribution in [0.3, 0.4) is 0 Å². The molecule has 12 bridgehead atoms. The highest BCUT2D eigenvalue weighted by atomic mass is 19.4. The van der Waals surface area contributed by atoms with Gasteiger partial charge in [0.15, 0.2) is 0 Å². The predicted molar refractivity (Wildman–Crippen MR) is 206 cm³/mol. The standard InChI is InChI=1S/C17H19F5O3.C13H17F5O3.C13H15F5O2.2CH4/c1-8(2)13(23)24-16(17(20,21)22)15(18,19)14(25-16)11-4-9-3-10(6-11)7-12(14)5-9;14-11(15,12(20,21)13(16,17)18)10(19)8-2-6-1-7(4-8)5-9(10)3-6;14-11(15)10(20-12(11,19)13(16,17)18)8-2-6-1-7(4-8)5-9(10)3-6;;/h9-12H,1,3-7H2,2H3;6-9,19-21H,1-5H2;6-9,19H,1-5H2;2*1H4. The van der Waals surface area contributed by atoms with Gasteiger partial charge in [-0.1, -0.05) is 21.4 Å². The Morgan fingerprint density at radius 1 is 0.529 bits per heavy atom. The predicted octanol–water partition coefficient (Wildman–Crippen LogP) is 10.6. The molecule has 0 amide bonds. The van der Waals surface area contributed by atoms with Crippen molar-refractivity contribution in [3.63, 3.8) is 0 Å². The van der Waals surface area contributed by atoms with Crippen LogP contribution in [-0.2, 0) is 19.0 Å². The van der Waals surface area contributed by atoms with Crippen molar-refractivity contribution in [3.8, 4) is 0 Å². The van der Waals surface area contributed by atoms with Gasteiger partial charge in [-0.2, -0.15) is 65.9 Å². The van der Waals surface area contributed by atoms with Crippen LogP contribution in [-0.4, -0.2) is 96.9 Å². The number of alkyl halides is 15. The van der Waals surface area contributed by atoms with Crippen LogP contribution in [0.2, 0.25) is 0 Å². The van der Waals surface area contributed by atoms with Crippen molar-refractivity contribution in [2.75, 3.05) is 0 Å². The lowest BCUT2D eigenvalue weighted by Gasteiger charge is -2.70. The Morgan fingerprint density at radius 2 is 0.838 bits per heavy atom. The van der Waals surface area contributed by atoms with Crippen LogP contribution in [0.1, 0.15) is 118 Å². The van der Waals surface area contributed by atoms with Crippen LogP contribution in [0.25, 0.3) is 0 Å². The van der Waals surface area contributed by atoms with E-state index in [-0.39, 0.29) is 64.2 Å². The Kier molecular flexibility index (Phi) is 12.4. The zero-order valence-corrected chi connectivity index (χ0v) is 35.3. The smallest absolute Gasteiger partial charge is 0.414 e. The second-order valence-electron chi connectivity index (χ2n) is 21.8. The van der Waals surface area contributed by atoms with Gasteiger partial charge in [0.2, 0.25) is 0 Å². The van der Waals surface area contributed by atoms with E-state index in [0.29, 0.717) is 63.2 Å². The van der Waals surface area contributed by atoms with Crippen LogP contribution in [0.5, 0.6) is 0 Å². The van der Waals surface area contributed by atoms with Crippen LogP contribution >= 0.6 is 0 Å². The molecule has 8 nitrogen and oxygen atoms in total. The summed E-state index contributed by atoms with van der Waals surface area (Å²) in [5, 5.41) is 37.9. The summed E-state index contributed by atoms with van der Waals surface area (Å²) >= 11 is 0. The molecular formula is C45H59F15O8. The molecule has 12 saturated carbocycles. The van der Waals surface area contributed by atoms with Crippen LogP contribution in [0, 0.1) is 71.0 Å². The summed E-state index contributed by atoms with van der Waals surface area (Å²) in [6.45, 7) is 4.26. The van der Waals surface area contributed by atoms with E-state index in [1.54, 1.807) is 0 Å². The Hall–Kier alpha value is -2.08. The summed E-state index contributed by atoms with van der Waals surface area (Å²) < 4.78 is 219. The maximum absolute atomic E-state index is 15.2. The number of hydrogen-bond donors (Lipinski definition) is 4. The third-order valence-electron chi connectivity index (χ3n) is 18.2. The molecule has 4 N–H and O–H groups in total. The molecule has 0 radical (unpaired) electrons. The van der Waals surface area contributed by atoms with Gasteiger partial charge in [-0.05, 0) is 174 Å². The third kappa shape index (κ3) is 6.59. The topological polar surface area (TPSA) is 126 Å². The molecule has 2 spiro atoms. The highest BCUT2D eigenvalue weighted by Gasteiger charge is 2.95. The van der Waals surface area contributed by atoms with Gasteiger partial charge in [0.25, 0.3) is 0 Å². The summed E-state index contributed by atoms with van der Waals surface area (Å²) in [6, 6.07) is 0. The fraction of sp³-hybridized carbons (Fsp3) is 0.933. The second-order valence-corrected chi connectivity index (χ2v) is 21.8. The number of carbonyl (C=O) groups excluding carboxylic acids is 1. The maximum Gasteiger partial charge on any atom is 0.462 e. The minimum Gasteiger partial charge on any atom is -0.414 e. The number of ether oxygens (including phenoxy) is 3. The third-order valence-corrected chi connectivity index (χ3v) is 18.2. The Labute approximate surface area is 382 Å². The maximum atomic E-state index is 15.2. The van der Waals surface area contributed by atoms with Crippen molar-refractivity contribution in [1.29, 1.82) is 0 Å². The van der Waals surface area contributed by atoms with Gasteiger partial charge in [0.1, 0.15) is 16.8 Å². The zero-order chi connectivity index (χ0) is 48.8. The summed E-state index contributed by atoms with van der Waals surface area (Å²) in [5.41, 5.74) is -7.68. The molecule has 0 aromatic carbocycles. The Bertz CT molecular complexity index is 1900. The fourth-order valence-corrected chi connectivity index (χ4v) is 16.0. The van der Waals surface area contributed by atoms with Gasteiger partial charge >= 0.3 is 59.6 Å². The molecule has 2 atom stereocenters. The molecule has 14 rings (SSSR count). The monoisotopic (exact) mass is 1010 g/mol. The number of carbonyl (C=O) groups is 1. The molecule has 14 fully saturated rings. The number of halogens is 15. The van der Waals surface area contributed by atoms with Gasteiger partial charge < -0.3 is 34.6 Å². The Balaban J connectivity index is 0.000000150. The van der Waals surface area contributed by atoms with Crippen molar-refractivity contribution in [2.45, 2.75) is 189 Å². The summed E-state index contributed by atoms with van der Waals surface area (Å²) in [5.74, 6) is -31.9. The molecule has 14 aliphatic rings. The van der Waals surface area contributed by atoms with Crippen molar-refractivity contribution >= 4 is 5.97 Å². The highest BCUT2D eigenvalue weighted by molar-refractivity contribution is 5.87. The lowest BCUT2D eigenvalue weighted by molar-refractivity contribution is -0.580. The molecule has 23 heteroatoms. The van der Waals surface area contributed by atoms with Gasteiger partial charge in [0.05, 0.1) is 0 Å². The van der Waals surface area contributed by atoms with Crippen LogP contribution in [0.15, 0.2) is 12.2 Å². The first-order valence-corrected chi connectivity index (χ1v) is 22.5. The summed E-state index contributed by atoms with van der Waals surface area (Å²) in [7, 11) is 0. The number of aliphatic hydroxyl groups is 4. The minimum absolute atomic E-state index is 0. The molecule has 0 aromatic rings. The molecule has 12 aliphatic carbocycles. The van der Waals surface area contributed by atoms with Crippen LogP contribution < -0.4 is 0 Å². The van der Waals surface area contributed by atoms with E-state index in [4.69, 9.17) is 14.9 Å². The number of hydrogen-bond acceptors (Lipinski definition) is 8. The number of rotatable bonds is 4. The Morgan fingerprint density at radius 3 is 1.09 bits per heavy atom. The molecule has 2 saturated heterocycles. The first kappa shape index (κ1) is 53.7. The van der Waals surface area contributed by atoms with E-state index < -0.39 is 118 Å².